The molecule has 2 unspecified atom stereocenters. The van der Waals surface area contributed by atoms with E-state index in [9.17, 15) is 14.5 Å². The summed E-state index contributed by atoms with van der Waals surface area (Å²) in [6.07, 6.45) is 4.83. The highest BCUT2D eigenvalue weighted by Gasteiger charge is 2.22. The lowest BCUT2D eigenvalue weighted by Gasteiger charge is -2.28. The number of halogens is 1. The van der Waals surface area contributed by atoms with Crippen molar-refractivity contribution in [3.63, 3.8) is 0 Å². The van der Waals surface area contributed by atoms with Gasteiger partial charge in [0.15, 0.2) is 0 Å². The van der Waals surface area contributed by atoms with Crippen LogP contribution in [0.4, 0.5) is 10.1 Å². The van der Waals surface area contributed by atoms with Crippen LogP contribution in [0.1, 0.15) is 38.2 Å². The lowest BCUT2D eigenvalue weighted by atomic mass is 9.88. The Morgan fingerprint density at radius 2 is 2.16 bits per heavy atom. The molecule has 1 aliphatic rings. The summed E-state index contributed by atoms with van der Waals surface area (Å²) in [6, 6.07) is 3.93. The first-order chi connectivity index (χ1) is 9.08. The molecule has 19 heavy (non-hydrogen) atoms. The van der Waals surface area contributed by atoms with Gasteiger partial charge >= 0.3 is 5.69 Å². The van der Waals surface area contributed by atoms with Crippen molar-refractivity contribution in [3.8, 4) is 0 Å². The Balaban J connectivity index is 1.96. The van der Waals surface area contributed by atoms with E-state index in [4.69, 9.17) is 4.74 Å². The molecule has 2 atom stereocenters. The summed E-state index contributed by atoms with van der Waals surface area (Å²) in [6.45, 7) is 2.48. The van der Waals surface area contributed by atoms with E-state index >= 15 is 0 Å². The predicted molar refractivity (Wildman–Crippen MR) is 69.3 cm³/mol. The molecule has 1 saturated carbocycles. The Morgan fingerprint density at radius 3 is 2.79 bits per heavy atom. The number of benzene rings is 1. The van der Waals surface area contributed by atoms with Crippen LogP contribution < -0.4 is 0 Å². The molecule has 0 bridgehead atoms. The predicted octanol–water partition coefficient (Wildman–Crippen LogP) is 3.83. The third-order valence-corrected chi connectivity index (χ3v) is 3.71. The van der Waals surface area contributed by atoms with Crippen molar-refractivity contribution in [3.05, 3.63) is 39.7 Å². The third kappa shape index (κ3) is 3.50. The second-order valence-corrected chi connectivity index (χ2v) is 5.15. The third-order valence-electron chi connectivity index (χ3n) is 3.71. The fourth-order valence-electron chi connectivity index (χ4n) is 2.52. The Bertz CT molecular complexity index is 464. The zero-order valence-corrected chi connectivity index (χ0v) is 11.0. The number of nitro groups is 1. The second kappa shape index (κ2) is 6.10. The fourth-order valence-corrected chi connectivity index (χ4v) is 2.52. The smallest absolute Gasteiger partial charge is 0.304 e. The van der Waals surface area contributed by atoms with E-state index in [1.165, 1.54) is 31.4 Å². The van der Waals surface area contributed by atoms with Crippen LogP contribution in [0.3, 0.4) is 0 Å². The van der Waals surface area contributed by atoms with Crippen molar-refractivity contribution in [1.82, 2.24) is 0 Å². The van der Waals surface area contributed by atoms with Gasteiger partial charge in [0, 0.05) is 6.07 Å². The molecule has 0 saturated heterocycles. The maximum atomic E-state index is 13.4. The van der Waals surface area contributed by atoms with Crippen LogP contribution >= 0.6 is 0 Å². The van der Waals surface area contributed by atoms with E-state index in [2.05, 4.69) is 6.92 Å². The number of ether oxygens (including phenoxy) is 1. The minimum absolute atomic E-state index is 0.215. The molecule has 0 spiro atoms. The molecule has 0 amide bonds. The van der Waals surface area contributed by atoms with Crippen molar-refractivity contribution in [2.45, 2.75) is 45.3 Å². The Labute approximate surface area is 111 Å². The summed E-state index contributed by atoms with van der Waals surface area (Å²) >= 11 is 0. The first kappa shape index (κ1) is 13.9. The largest absolute Gasteiger partial charge is 0.373 e. The highest BCUT2D eigenvalue weighted by molar-refractivity contribution is 5.34. The Morgan fingerprint density at radius 1 is 1.42 bits per heavy atom. The first-order valence-electron chi connectivity index (χ1n) is 6.62. The number of nitro benzene ring substituents is 1. The van der Waals surface area contributed by atoms with Crippen molar-refractivity contribution in [1.29, 1.82) is 0 Å². The SMILES string of the molecule is CC1CCCCC1OCc1ccc([N+](=O)[O-])c(F)c1. The van der Waals surface area contributed by atoms with Gasteiger partial charge in [-0.3, -0.25) is 10.1 Å². The molecular formula is C14H18FNO3. The summed E-state index contributed by atoms with van der Waals surface area (Å²) in [7, 11) is 0. The fraction of sp³-hybridized carbons (Fsp3) is 0.571. The van der Waals surface area contributed by atoms with Crippen LogP contribution in [0.15, 0.2) is 18.2 Å². The van der Waals surface area contributed by atoms with Crippen LogP contribution in [0.25, 0.3) is 0 Å². The van der Waals surface area contributed by atoms with E-state index in [-0.39, 0.29) is 6.10 Å². The van der Waals surface area contributed by atoms with Crippen LogP contribution in [0, 0.1) is 21.8 Å². The quantitative estimate of drug-likeness (QED) is 0.615. The molecule has 0 aromatic heterocycles. The summed E-state index contributed by atoms with van der Waals surface area (Å²) in [5.41, 5.74) is 0.149. The Hall–Kier alpha value is -1.49. The monoisotopic (exact) mass is 267 g/mol. The van der Waals surface area contributed by atoms with Crippen LogP contribution in [0.2, 0.25) is 0 Å². The summed E-state index contributed by atoms with van der Waals surface area (Å²) in [4.78, 5) is 9.80. The maximum Gasteiger partial charge on any atom is 0.304 e. The number of rotatable bonds is 4. The summed E-state index contributed by atoms with van der Waals surface area (Å²) in [5, 5.41) is 10.5. The Kier molecular flexibility index (Phi) is 4.47. The second-order valence-electron chi connectivity index (χ2n) is 5.15. The van der Waals surface area contributed by atoms with E-state index in [1.807, 2.05) is 0 Å². The van der Waals surface area contributed by atoms with Crippen molar-refractivity contribution < 1.29 is 14.1 Å². The number of nitrogens with zero attached hydrogens (tertiary/aromatic N) is 1. The molecule has 104 valence electrons. The zero-order valence-electron chi connectivity index (χ0n) is 11.0. The molecule has 1 aromatic carbocycles. The zero-order chi connectivity index (χ0) is 13.8. The van der Waals surface area contributed by atoms with E-state index < -0.39 is 16.4 Å². The molecule has 2 rings (SSSR count). The lowest BCUT2D eigenvalue weighted by molar-refractivity contribution is -0.387. The van der Waals surface area contributed by atoms with Crippen molar-refractivity contribution in [2.75, 3.05) is 0 Å². The van der Waals surface area contributed by atoms with Gasteiger partial charge in [0.05, 0.1) is 17.6 Å². The maximum absolute atomic E-state index is 13.4. The van der Waals surface area contributed by atoms with Gasteiger partial charge < -0.3 is 4.74 Å². The van der Waals surface area contributed by atoms with Gasteiger partial charge in [-0.2, -0.15) is 4.39 Å². The molecule has 1 fully saturated rings. The minimum Gasteiger partial charge on any atom is -0.373 e. The van der Waals surface area contributed by atoms with Gasteiger partial charge in [-0.25, -0.2) is 0 Å². The van der Waals surface area contributed by atoms with E-state index in [0.29, 0.717) is 18.1 Å². The lowest BCUT2D eigenvalue weighted by Crippen LogP contribution is -2.25. The van der Waals surface area contributed by atoms with Gasteiger partial charge in [-0.15, -0.1) is 0 Å². The number of hydrogen-bond donors (Lipinski definition) is 0. The molecule has 0 heterocycles. The van der Waals surface area contributed by atoms with Crippen molar-refractivity contribution >= 4 is 5.69 Å². The van der Waals surface area contributed by atoms with Gasteiger partial charge in [-0.05, 0) is 36.5 Å². The molecule has 4 nitrogen and oxygen atoms in total. The van der Waals surface area contributed by atoms with E-state index in [0.717, 1.165) is 6.42 Å². The summed E-state index contributed by atoms with van der Waals surface area (Å²) < 4.78 is 19.2. The highest BCUT2D eigenvalue weighted by Crippen LogP contribution is 2.27. The normalized spacial score (nSPS) is 23.3. The molecule has 0 N–H and O–H groups in total. The number of hydrogen-bond acceptors (Lipinski definition) is 3. The van der Waals surface area contributed by atoms with Gasteiger partial charge in [0.2, 0.25) is 5.82 Å². The molecule has 0 aliphatic heterocycles. The van der Waals surface area contributed by atoms with Gasteiger partial charge in [0.25, 0.3) is 0 Å². The molecule has 1 aliphatic carbocycles. The van der Waals surface area contributed by atoms with Crippen LogP contribution in [0.5, 0.6) is 0 Å². The van der Waals surface area contributed by atoms with Crippen LogP contribution in [-0.4, -0.2) is 11.0 Å². The molecular weight excluding hydrogens is 249 g/mol. The highest BCUT2D eigenvalue weighted by atomic mass is 19.1. The van der Waals surface area contributed by atoms with E-state index in [1.54, 1.807) is 6.07 Å². The topological polar surface area (TPSA) is 52.4 Å². The average molecular weight is 267 g/mol. The molecule has 5 heteroatoms. The van der Waals surface area contributed by atoms with Gasteiger partial charge in [-0.1, -0.05) is 19.8 Å². The first-order valence-corrected chi connectivity index (χ1v) is 6.62. The molecule has 1 aromatic rings. The average Bonchev–Trinajstić information content (AvgIpc) is 2.37. The van der Waals surface area contributed by atoms with Crippen molar-refractivity contribution in [2.24, 2.45) is 5.92 Å². The van der Waals surface area contributed by atoms with Crippen LogP contribution in [-0.2, 0) is 11.3 Å². The standard InChI is InChI=1S/C14H18FNO3/c1-10-4-2-3-5-14(10)19-9-11-6-7-13(16(17)18)12(15)8-11/h6-8,10,14H,2-5,9H2,1H3. The minimum atomic E-state index is -0.803. The molecule has 0 radical (unpaired) electrons. The van der Waals surface area contributed by atoms with Gasteiger partial charge in [0.1, 0.15) is 0 Å². The summed E-state index contributed by atoms with van der Waals surface area (Å²) in [5.74, 6) is -0.278.